The third-order valence-electron chi connectivity index (χ3n) is 3.51. The van der Waals surface area contributed by atoms with E-state index in [-0.39, 0.29) is 17.3 Å². The van der Waals surface area contributed by atoms with E-state index in [1.54, 1.807) is 18.3 Å². The number of carbonyl (C=O) groups excluding carboxylic acids is 1. The van der Waals surface area contributed by atoms with Crippen molar-refractivity contribution in [2.45, 2.75) is 5.75 Å². The maximum Gasteiger partial charge on any atom is 0.269 e. The van der Waals surface area contributed by atoms with Crippen LogP contribution in [0.15, 0.2) is 52.0 Å². The number of anilines is 1. The Balaban J connectivity index is 1.76. The Bertz CT molecular complexity index is 841. The highest BCUT2D eigenvalue weighted by atomic mass is 79.9. The van der Waals surface area contributed by atoms with Crippen molar-refractivity contribution in [3.8, 4) is 0 Å². The number of nitro benzene ring substituents is 1. The van der Waals surface area contributed by atoms with Gasteiger partial charge in [0.05, 0.1) is 22.6 Å². The predicted octanol–water partition coefficient (Wildman–Crippen LogP) is 3.81. The summed E-state index contributed by atoms with van der Waals surface area (Å²) in [6, 6.07) is 12.1. The normalized spacial score (nSPS) is 10.8. The maximum atomic E-state index is 11.8. The van der Waals surface area contributed by atoms with Gasteiger partial charge in [0.2, 0.25) is 5.91 Å². The molecule has 0 heterocycles. The molecule has 0 radical (unpaired) electrons. The second-order valence-corrected chi connectivity index (χ2v) is 7.65. The van der Waals surface area contributed by atoms with Crippen LogP contribution in [0.5, 0.6) is 0 Å². The Morgan fingerprint density at radius 3 is 2.59 bits per heavy atom. The third-order valence-corrected chi connectivity index (χ3v) is 5.14. The first-order valence-corrected chi connectivity index (χ1v) is 9.91. The number of benzene rings is 2. The lowest BCUT2D eigenvalue weighted by Gasteiger charge is -2.14. The van der Waals surface area contributed by atoms with Crippen molar-refractivity contribution in [1.82, 2.24) is 5.43 Å². The van der Waals surface area contributed by atoms with Crippen LogP contribution in [0.2, 0.25) is 0 Å². The third kappa shape index (κ3) is 6.69. The molecule has 1 N–H and O–H groups in total. The average molecular weight is 451 g/mol. The summed E-state index contributed by atoms with van der Waals surface area (Å²) in [4.78, 5) is 24.0. The molecule has 27 heavy (non-hydrogen) atoms. The summed E-state index contributed by atoms with van der Waals surface area (Å²) in [6.45, 7) is 0. The van der Waals surface area contributed by atoms with Crippen LogP contribution in [0, 0.1) is 10.1 Å². The van der Waals surface area contributed by atoms with Crippen molar-refractivity contribution in [3.63, 3.8) is 0 Å². The highest BCUT2D eigenvalue weighted by Gasteiger charge is 2.05. The Hall–Kier alpha value is -2.39. The Labute approximate surface area is 170 Å². The number of halogens is 1. The van der Waals surface area contributed by atoms with Gasteiger partial charge in [0.25, 0.3) is 5.69 Å². The molecule has 0 aromatic heterocycles. The summed E-state index contributed by atoms with van der Waals surface area (Å²) in [7, 11) is 3.92. The average Bonchev–Trinajstić information content (AvgIpc) is 2.62. The topological polar surface area (TPSA) is 87.8 Å². The number of hydrogen-bond acceptors (Lipinski definition) is 6. The van der Waals surface area contributed by atoms with E-state index in [1.807, 2.05) is 37.2 Å². The lowest BCUT2D eigenvalue weighted by molar-refractivity contribution is -0.384. The maximum absolute atomic E-state index is 11.8. The van der Waals surface area contributed by atoms with Gasteiger partial charge in [0, 0.05) is 36.5 Å². The molecule has 2 aromatic carbocycles. The quantitative estimate of drug-likeness (QED) is 0.375. The van der Waals surface area contributed by atoms with E-state index in [2.05, 4.69) is 26.5 Å². The fourth-order valence-electron chi connectivity index (χ4n) is 2.15. The van der Waals surface area contributed by atoms with Gasteiger partial charge < -0.3 is 4.90 Å². The van der Waals surface area contributed by atoms with Gasteiger partial charge in [-0.05, 0) is 39.2 Å². The van der Waals surface area contributed by atoms with Crippen molar-refractivity contribution >= 4 is 51.2 Å². The number of non-ortho nitro benzene ring substituents is 1. The van der Waals surface area contributed by atoms with Crippen LogP contribution < -0.4 is 10.3 Å². The van der Waals surface area contributed by atoms with E-state index in [0.29, 0.717) is 5.75 Å². The Morgan fingerprint density at radius 2 is 2.00 bits per heavy atom. The summed E-state index contributed by atoms with van der Waals surface area (Å²) >= 11 is 4.92. The van der Waals surface area contributed by atoms with Crippen LogP contribution in [0.1, 0.15) is 11.1 Å². The van der Waals surface area contributed by atoms with Crippen LogP contribution in [-0.2, 0) is 10.5 Å². The van der Waals surface area contributed by atoms with Crippen molar-refractivity contribution < 1.29 is 9.72 Å². The van der Waals surface area contributed by atoms with Gasteiger partial charge in [-0.2, -0.15) is 5.10 Å². The number of nitrogens with zero attached hydrogens (tertiary/aromatic N) is 3. The summed E-state index contributed by atoms with van der Waals surface area (Å²) in [5.74, 6) is 0.633. The van der Waals surface area contributed by atoms with Gasteiger partial charge >= 0.3 is 0 Å². The molecule has 0 saturated carbocycles. The lowest BCUT2D eigenvalue weighted by atomic mass is 10.2. The largest absolute Gasteiger partial charge is 0.377 e. The molecule has 0 aliphatic heterocycles. The molecule has 2 aromatic rings. The highest BCUT2D eigenvalue weighted by Crippen LogP contribution is 2.25. The molecule has 0 atom stereocenters. The molecule has 0 bridgehead atoms. The van der Waals surface area contributed by atoms with E-state index in [9.17, 15) is 14.9 Å². The van der Waals surface area contributed by atoms with E-state index in [0.717, 1.165) is 21.3 Å². The second kappa shape index (κ2) is 10.1. The predicted molar refractivity (Wildman–Crippen MR) is 113 cm³/mol. The molecule has 0 aliphatic carbocycles. The first-order chi connectivity index (χ1) is 12.9. The van der Waals surface area contributed by atoms with Gasteiger partial charge in [-0.25, -0.2) is 5.43 Å². The van der Waals surface area contributed by atoms with Gasteiger partial charge in [0.15, 0.2) is 0 Å². The number of carbonyl (C=O) groups is 1. The van der Waals surface area contributed by atoms with Crippen molar-refractivity contribution in [2.24, 2.45) is 5.10 Å². The van der Waals surface area contributed by atoms with Gasteiger partial charge in [-0.1, -0.05) is 18.2 Å². The summed E-state index contributed by atoms with van der Waals surface area (Å²) in [6.07, 6.45) is 1.59. The second-order valence-electron chi connectivity index (χ2n) is 5.81. The van der Waals surface area contributed by atoms with Crippen molar-refractivity contribution in [3.05, 3.63) is 68.2 Å². The Kier molecular flexibility index (Phi) is 7.81. The standard InChI is InChI=1S/C18H19BrN4O3S/c1-22(2)17-8-5-14(9-16(17)19)10-20-21-18(24)12-27-11-13-3-6-15(7-4-13)23(25)26/h3-10H,11-12H2,1-2H3,(H,21,24)/b20-10+. The summed E-state index contributed by atoms with van der Waals surface area (Å²) < 4.78 is 0.946. The van der Waals surface area contributed by atoms with Crippen LogP contribution in [0.3, 0.4) is 0 Å². The van der Waals surface area contributed by atoms with Gasteiger partial charge in [0.1, 0.15) is 0 Å². The molecule has 0 saturated heterocycles. The molecular weight excluding hydrogens is 432 g/mol. The van der Waals surface area contributed by atoms with E-state index >= 15 is 0 Å². The zero-order chi connectivity index (χ0) is 19.8. The molecule has 142 valence electrons. The number of thioether (sulfide) groups is 1. The molecule has 7 nitrogen and oxygen atoms in total. The highest BCUT2D eigenvalue weighted by molar-refractivity contribution is 9.10. The zero-order valence-corrected chi connectivity index (χ0v) is 17.3. The number of hydrogen-bond donors (Lipinski definition) is 1. The van der Waals surface area contributed by atoms with Crippen molar-refractivity contribution in [2.75, 3.05) is 24.7 Å². The summed E-state index contributed by atoms with van der Waals surface area (Å²) in [5, 5.41) is 14.6. The molecule has 0 fully saturated rings. The SMILES string of the molecule is CN(C)c1ccc(/C=N/NC(=O)CSCc2ccc([N+](=O)[O-])cc2)cc1Br. The fourth-order valence-corrected chi connectivity index (χ4v) is 3.68. The molecule has 0 aliphatic rings. The zero-order valence-electron chi connectivity index (χ0n) is 14.9. The number of hydrazone groups is 1. The van der Waals surface area contributed by atoms with E-state index in [4.69, 9.17) is 0 Å². The van der Waals surface area contributed by atoms with Gasteiger partial charge in [-0.3, -0.25) is 14.9 Å². The molecule has 0 spiro atoms. The summed E-state index contributed by atoms with van der Waals surface area (Å²) in [5.41, 5.74) is 5.39. The minimum absolute atomic E-state index is 0.0566. The first kappa shape index (κ1) is 20.9. The lowest BCUT2D eigenvalue weighted by Crippen LogP contribution is -2.19. The number of rotatable bonds is 8. The van der Waals surface area contributed by atoms with Crippen LogP contribution in [0.25, 0.3) is 0 Å². The van der Waals surface area contributed by atoms with Crippen molar-refractivity contribution in [1.29, 1.82) is 0 Å². The van der Waals surface area contributed by atoms with Crippen LogP contribution >= 0.6 is 27.7 Å². The fraction of sp³-hybridized carbons (Fsp3) is 0.222. The Morgan fingerprint density at radius 1 is 1.30 bits per heavy atom. The minimum atomic E-state index is -0.436. The molecule has 2 rings (SSSR count). The molecule has 0 unspecified atom stereocenters. The minimum Gasteiger partial charge on any atom is -0.377 e. The number of nitro groups is 1. The van der Waals surface area contributed by atoms with Crippen LogP contribution in [0.4, 0.5) is 11.4 Å². The van der Waals surface area contributed by atoms with E-state index in [1.165, 1.54) is 23.9 Å². The first-order valence-electron chi connectivity index (χ1n) is 7.96. The monoisotopic (exact) mass is 450 g/mol. The number of amides is 1. The molecular formula is C18H19BrN4O3S. The molecule has 1 amide bonds. The number of nitrogens with one attached hydrogen (secondary N) is 1. The van der Waals surface area contributed by atoms with Crippen LogP contribution in [-0.4, -0.2) is 36.9 Å². The molecule has 9 heteroatoms. The van der Waals surface area contributed by atoms with E-state index < -0.39 is 4.92 Å². The van der Waals surface area contributed by atoms with Gasteiger partial charge in [-0.15, -0.1) is 11.8 Å². The smallest absolute Gasteiger partial charge is 0.269 e.